The van der Waals surface area contributed by atoms with Gasteiger partial charge in [-0.1, -0.05) is 23.4 Å². The van der Waals surface area contributed by atoms with Crippen LogP contribution in [0.4, 0.5) is 4.39 Å². The molecule has 2 nitrogen and oxygen atoms in total. The fourth-order valence-corrected chi connectivity index (χ4v) is 1.87. The molecule has 1 aromatic rings. The first-order chi connectivity index (χ1) is 8.75. The summed E-state index contributed by atoms with van der Waals surface area (Å²) >= 11 is 5.65. The Kier molecular flexibility index (Phi) is 5.00. The molecule has 0 aromatic heterocycles. The lowest BCUT2D eigenvalue weighted by atomic mass is 10.2. The first-order valence-corrected chi connectivity index (χ1v) is 6.30. The number of halogens is 2. The maximum Gasteiger partial charge on any atom is 0.158 e. The van der Waals surface area contributed by atoms with Crippen LogP contribution in [0, 0.1) is 17.7 Å². The quantitative estimate of drug-likeness (QED) is 0.766. The summed E-state index contributed by atoms with van der Waals surface area (Å²) < 4.78 is 23.8. The predicted octanol–water partition coefficient (Wildman–Crippen LogP) is 3.37. The van der Waals surface area contributed by atoms with Gasteiger partial charge in [0, 0.05) is 12.2 Å². The molecule has 2 rings (SSSR count). The summed E-state index contributed by atoms with van der Waals surface area (Å²) in [4.78, 5) is 0. The van der Waals surface area contributed by atoms with Crippen LogP contribution in [0.15, 0.2) is 18.2 Å². The fraction of sp³-hybridized carbons (Fsp3) is 0.429. The number of rotatable bonds is 2. The topological polar surface area (TPSA) is 18.5 Å². The van der Waals surface area contributed by atoms with E-state index in [4.69, 9.17) is 21.1 Å². The van der Waals surface area contributed by atoms with Crippen LogP contribution in [0.2, 0.25) is 5.02 Å². The Labute approximate surface area is 111 Å². The first kappa shape index (κ1) is 13.4. The molecule has 1 atom stereocenters. The standard InChI is InChI=1S/C14H14ClFO2/c15-12-10-11(6-7-13(12)16)4-3-9-18-14-5-1-2-8-17-14/h6-7,10,14H,1-2,5,8-9H2. The van der Waals surface area contributed by atoms with Crippen molar-refractivity contribution in [2.45, 2.75) is 25.6 Å². The van der Waals surface area contributed by atoms with E-state index in [2.05, 4.69) is 11.8 Å². The predicted molar refractivity (Wildman–Crippen MR) is 67.8 cm³/mol. The highest BCUT2D eigenvalue weighted by Crippen LogP contribution is 2.15. The molecule has 1 heterocycles. The van der Waals surface area contributed by atoms with Crippen molar-refractivity contribution < 1.29 is 13.9 Å². The van der Waals surface area contributed by atoms with E-state index in [0.29, 0.717) is 12.2 Å². The molecule has 96 valence electrons. The fourth-order valence-electron chi connectivity index (χ4n) is 1.69. The van der Waals surface area contributed by atoms with Crippen molar-refractivity contribution in [3.8, 4) is 11.8 Å². The van der Waals surface area contributed by atoms with Crippen LogP contribution < -0.4 is 0 Å². The van der Waals surface area contributed by atoms with E-state index in [1.165, 1.54) is 12.1 Å². The molecule has 0 bridgehead atoms. The van der Waals surface area contributed by atoms with Crippen molar-refractivity contribution in [1.29, 1.82) is 0 Å². The van der Waals surface area contributed by atoms with Gasteiger partial charge in [0.25, 0.3) is 0 Å². The summed E-state index contributed by atoms with van der Waals surface area (Å²) in [5.74, 6) is 5.30. The molecule has 0 spiro atoms. The normalized spacial score (nSPS) is 19.1. The van der Waals surface area contributed by atoms with Gasteiger partial charge in [-0.05, 0) is 37.5 Å². The molecule has 1 saturated heterocycles. The molecule has 1 aliphatic heterocycles. The third kappa shape index (κ3) is 3.99. The average Bonchev–Trinajstić information content (AvgIpc) is 2.40. The van der Waals surface area contributed by atoms with E-state index in [9.17, 15) is 4.39 Å². The second kappa shape index (κ2) is 6.75. The largest absolute Gasteiger partial charge is 0.353 e. The molecule has 1 aromatic carbocycles. The molecule has 1 aliphatic rings. The lowest BCUT2D eigenvalue weighted by Gasteiger charge is -2.21. The monoisotopic (exact) mass is 268 g/mol. The molecule has 0 radical (unpaired) electrons. The minimum Gasteiger partial charge on any atom is -0.353 e. The molecule has 0 N–H and O–H groups in total. The van der Waals surface area contributed by atoms with E-state index in [-0.39, 0.29) is 11.3 Å². The van der Waals surface area contributed by atoms with Gasteiger partial charge in [0.05, 0.1) is 5.02 Å². The summed E-state index contributed by atoms with van der Waals surface area (Å²) in [6, 6.07) is 4.39. The molecule has 4 heteroatoms. The lowest BCUT2D eigenvalue weighted by molar-refractivity contribution is -0.154. The van der Waals surface area contributed by atoms with E-state index in [0.717, 1.165) is 25.9 Å². The molecule has 0 amide bonds. The molecule has 1 unspecified atom stereocenters. The van der Waals surface area contributed by atoms with Gasteiger partial charge in [-0.2, -0.15) is 0 Å². The van der Waals surface area contributed by atoms with Gasteiger partial charge in [0.1, 0.15) is 12.4 Å². The number of benzene rings is 1. The summed E-state index contributed by atoms with van der Waals surface area (Å²) in [6.07, 6.45) is 3.01. The van der Waals surface area contributed by atoms with Crippen LogP contribution in [0.1, 0.15) is 24.8 Å². The van der Waals surface area contributed by atoms with Crippen LogP contribution >= 0.6 is 11.6 Å². The number of ether oxygens (including phenoxy) is 2. The molecular weight excluding hydrogens is 255 g/mol. The first-order valence-electron chi connectivity index (χ1n) is 5.93. The van der Waals surface area contributed by atoms with E-state index in [1.807, 2.05) is 0 Å². The Morgan fingerprint density at radius 2 is 2.33 bits per heavy atom. The number of hydrogen-bond acceptors (Lipinski definition) is 2. The van der Waals surface area contributed by atoms with Gasteiger partial charge in [0.2, 0.25) is 0 Å². The Morgan fingerprint density at radius 1 is 1.44 bits per heavy atom. The molecule has 0 aliphatic carbocycles. The van der Waals surface area contributed by atoms with Crippen molar-refractivity contribution in [1.82, 2.24) is 0 Å². The Hall–Kier alpha value is -1.08. The zero-order valence-electron chi connectivity index (χ0n) is 9.92. The van der Waals surface area contributed by atoms with Gasteiger partial charge < -0.3 is 9.47 Å². The second-order valence-corrected chi connectivity index (χ2v) is 4.45. The third-order valence-corrected chi connectivity index (χ3v) is 2.92. The van der Waals surface area contributed by atoms with Gasteiger partial charge in [-0.25, -0.2) is 4.39 Å². The lowest BCUT2D eigenvalue weighted by Crippen LogP contribution is -2.22. The summed E-state index contributed by atoms with van der Waals surface area (Å²) in [6.45, 7) is 1.06. The molecule has 1 fully saturated rings. The third-order valence-electron chi connectivity index (χ3n) is 2.63. The number of hydrogen-bond donors (Lipinski definition) is 0. The van der Waals surface area contributed by atoms with E-state index >= 15 is 0 Å². The Balaban J connectivity index is 1.82. The minimum atomic E-state index is -0.436. The average molecular weight is 269 g/mol. The van der Waals surface area contributed by atoms with Crippen LogP contribution in [0.5, 0.6) is 0 Å². The summed E-state index contributed by atoms with van der Waals surface area (Å²) in [7, 11) is 0. The molecular formula is C14H14ClFO2. The Morgan fingerprint density at radius 3 is 3.06 bits per heavy atom. The van der Waals surface area contributed by atoms with Crippen molar-refractivity contribution in [3.63, 3.8) is 0 Å². The van der Waals surface area contributed by atoms with Gasteiger partial charge in [-0.15, -0.1) is 0 Å². The Bertz CT molecular complexity index is 459. The molecule has 18 heavy (non-hydrogen) atoms. The maximum absolute atomic E-state index is 12.9. The summed E-state index contributed by atoms with van der Waals surface area (Å²) in [5, 5.41) is 0.0818. The van der Waals surface area contributed by atoms with Crippen molar-refractivity contribution in [3.05, 3.63) is 34.6 Å². The van der Waals surface area contributed by atoms with Crippen molar-refractivity contribution >= 4 is 11.6 Å². The van der Waals surface area contributed by atoms with Gasteiger partial charge >= 0.3 is 0 Å². The van der Waals surface area contributed by atoms with Crippen LogP contribution in [0.3, 0.4) is 0 Å². The zero-order chi connectivity index (χ0) is 12.8. The molecule has 0 saturated carbocycles. The summed E-state index contributed by atoms with van der Waals surface area (Å²) in [5.41, 5.74) is 0.676. The van der Waals surface area contributed by atoms with Gasteiger partial charge in [0.15, 0.2) is 6.29 Å². The maximum atomic E-state index is 12.9. The smallest absolute Gasteiger partial charge is 0.158 e. The minimum absolute atomic E-state index is 0.0818. The van der Waals surface area contributed by atoms with Crippen LogP contribution in [0.25, 0.3) is 0 Å². The highest BCUT2D eigenvalue weighted by atomic mass is 35.5. The highest BCUT2D eigenvalue weighted by Gasteiger charge is 2.12. The highest BCUT2D eigenvalue weighted by molar-refractivity contribution is 6.30. The van der Waals surface area contributed by atoms with Crippen LogP contribution in [-0.2, 0) is 9.47 Å². The zero-order valence-corrected chi connectivity index (χ0v) is 10.7. The SMILES string of the molecule is Fc1ccc(C#CCOC2CCCCO2)cc1Cl. The second-order valence-electron chi connectivity index (χ2n) is 4.04. The van der Waals surface area contributed by atoms with Gasteiger partial charge in [-0.3, -0.25) is 0 Å². The van der Waals surface area contributed by atoms with Crippen molar-refractivity contribution in [2.24, 2.45) is 0 Å². The van der Waals surface area contributed by atoms with E-state index < -0.39 is 5.82 Å². The van der Waals surface area contributed by atoms with Crippen LogP contribution in [-0.4, -0.2) is 19.5 Å². The van der Waals surface area contributed by atoms with Crippen molar-refractivity contribution in [2.75, 3.05) is 13.2 Å². The van der Waals surface area contributed by atoms with E-state index in [1.54, 1.807) is 6.07 Å².